The Morgan fingerprint density at radius 2 is 1.81 bits per heavy atom. The molecular formula is C26H28N4O. The van der Waals surface area contributed by atoms with Gasteiger partial charge < -0.3 is 5.32 Å². The van der Waals surface area contributed by atoms with Crippen LogP contribution in [-0.2, 0) is 6.54 Å². The predicted molar refractivity (Wildman–Crippen MR) is 125 cm³/mol. The molecule has 0 bridgehead atoms. The summed E-state index contributed by atoms with van der Waals surface area (Å²) in [5, 5.41) is 8.53. The molecule has 0 saturated carbocycles. The number of amides is 1. The first kappa shape index (κ1) is 20.8. The number of pyridine rings is 1. The SMILES string of the molecule is CCC(NC(=O)c1cc(-c2cnn(CC)c2C)nc2ccccc12)c1ccc(C)cc1. The summed E-state index contributed by atoms with van der Waals surface area (Å²) in [5.41, 5.74) is 6.52. The number of para-hydroxylation sites is 1. The van der Waals surface area contributed by atoms with E-state index < -0.39 is 0 Å². The number of benzene rings is 2. The van der Waals surface area contributed by atoms with Gasteiger partial charge in [-0.05, 0) is 44.9 Å². The first-order valence-corrected chi connectivity index (χ1v) is 10.8. The monoisotopic (exact) mass is 412 g/mol. The van der Waals surface area contributed by atoms with E-state index in [9.17, 15) is 4.79 Å². The second kappa shape index (κ2) is 8.72. The van der Waals surface area contributed by atoms with Crippen LogP contribution in [-0.4, -0.2) is 20.7 Å². The Hall–Kier alpha value is -3.47. The van der Waals surface area contributed by atoms with Crippen LogP contribution in [0.4, 0.5) is 0 Å². The number of nitrogens with zero attached hydrogens (tertiary/aromatic N) is 3. The quantitative estimate of drug-likeness (QED) is 0.447. The number of carbonyl (C=O) groups is 1. The Labute approximate surface area is 183 Å². The summed E-state index contributed by atoms with van der Waals surface area (Å²) in [5.74, 6) is -0.0900. The van der Waals surface area contributed by atoms with Crippen LogP contribution in [0.3, 0.4) is 0 Å². The van der Waals surface area contributed by atoms with E-state index in [2.05, 4.69) is 55.5 Å². The lowest BCUT2D eigenvalue weighted by molar-refractivity contribution is 0.0937. The predicted octanol–water partition coefficient (Wildman–Crippen LogP) is 5.62. The van der Waals surface area contributed by atoms with Gasteiger partial charge in [0, 0.05) is 23.2 Å². The molecule has 4 rings (SSSR count). The summed E-state index contributed by atoms with van der Waals surface area (Å²) in [4.78, 5) is 18.3. The summed E-state index contributed by atoms with van der Waals surface area (Å²) >= 11 is 0. The molecule has 0 aliphatic heterocycles. The molecule has 5 nitrogen and oxygen atoms in total. The molecule has 4 aromatic rings. The Morgan fingerprint density at radius 1 is 1.06 bits per heavy atom. The molecule has 1 unspecified atom stereocenters. The van der Waals surface area contributed by atoms with Gasteiger partial charge in [0.2, 0.25) is 0 Å². The van der Waals surface area contributed by atoms with Crippen molar-refractivity contribution in [2.45, 2.75) is 46.7 Å². The van der Waals surface area contributed by atoms with Crippen molar-refractivity contribution in [3.63, 3.8) is 0 Å². The average molecular weight is 413 g/mol. The molecule has 0 fully saturated rings. The van der Waals surface area contributed by atoms with Crippen molar-refractivity contribution in [3.8, 4) is 11.3 Å². The fourth-order valence-corrected chi connectivity index (χ4v) is 3.97. The Morgan fingerprint density at radius 3 is 2.48 bits per heavy atom. The van der Waals surface area contributed by atoms with Gasteiger partial charge in [0.05, 0.1) is 29.0 Å². The van der Waals surface area contributed by atoms with E-state index in [4.69, 9.17) is 4.98 Å². The summed E-state index contributed by atoms with van der Waals surface area (Å²) < 4.78 is 1.94. The minimum Gasteiger partial charge on any atom is -0.345 e. The minimum absolute atomic E-state index is 0.0481. The summed E-state index contributed by atoms with van der Waals surface area (Å²) in [6, 6.07) is 18.0. The van der Waals surface area contributed by atoms with Gasteiger partial charge in [-0.25, -0.2) is 4.98 Å². The Balaban J connectivity index is 1.75. The highest BCUT2D eigenvalue weighted by Crippen LogP contribution is 2.28. The third-order valence-electron chi connectivity index (χ3n) is 5.83. The lowest BCUT2D eigenvalue weighted by Gasteiger charge is -2.19. The smallest absolute Gasteiger partial charge is 0.252 e. The highest BCUT2D eigenvalue weighted by molar-refractivity contribution is 6.07. The largest absolute Gasteiger partial charge is 0.345 e. The second-order valence-electron chi connectivity index (χ2n) is 7.88. The maximum atomic E-state index is 13.4. The molecule has 2 heterocycles. The molecule has 0 spiro atoms. The van der Waals surface area contributed by atoms with Crippen LogP contribution in [0.5, 0.6) is 0 Å². The van der Waals surface area contributed by atoms with Gasteiger partial charge in [0.1, 0.15) is 0 Å². The van der Waals surface area contributed by atoms with Crippen molar-refractivity contribution in [1.29, 1.82) is 0 Å². The molecule has 1 atom stereocenters. The molecule has 1 amide bonds. The van der Waals surface area contributed by atoms with E-state index in [1.54, 1.807) is 0 Å². The maximum absolute atomic E-state index is 13.4. The molecule has 0 aliphatic rings. The van der Waals surface area contributed by atoms with Crippen LogP contribution >= 0.6 is 0 Å². The number of hydrogen-bond acceptors (Lipinski definition) is 3. The topological polar surface area (TPSA) is 59.8 Å². The summed E-state index contributed by atoms with van der Waals surface area (Å²) in [6.45, 7) is 9.04. The average Bonchev–Trinajstić information content (AvgIpc) is 3.17. The zero-order chi connectivity index (χ0) is 22.0. The first-order chi connectivity index (χ1) is 15.0. The summed E-state index contributed by atoms with van der Waals surface area (Å²) in [6.07, 6.45) is 2.64. The molecule has 158 valence electrons. The number of aryl methyl sites for hydroxylation is 2. The van der Waals surface area contributed by atoms with Crippen LogP contribution in [0.2, 0.25) is 0 Å². The number of fused-ring (bicyclic) bond motifs is 1. The third kappa shape index (κ3) is 4.08. The van der Waals surface area contributed by atoms with Crippen molar-refractivity contribution in [2.75, 3.05) is 0 Å². The number of hydrogen-bond donors (Lipinski definition) is 1. The lowest BCUT2D eigenvalue weighted by Crippen LogP contribution is -2.28. The molecule has 1 N–H and O–H groups in total. The Kier molecular flexibility index (Phi) is 5.85. The minimum atomic E-state index is -0.0900. The highest BCUT2D eigenvalue weighted by Gasteiger charge is 2.19. The number of carbonyl (C=O) groups excluding carboxylic acids is 1. The van der Waals surface area contributed by atoms with Crippen LogP contribution < -0.4 is 5.32 Å². The van der Waals surface area contributed by atoms with Crippen LogP contribution in [0.25, 0.3) is 22.2 Å². The highest BCUT2D eigenvalue weighted by atomic mass is 16.1. The molecule has 31 heavy (non-hydrogen) atoms. The normalized spacial score (nSPS) is 12.1. The van der Waals surface area contributed by atoms with Gasteiger partial charge in [-0.2, -0.15) is 5.10 Å². The van der Waals surface area contributed by atoms with E-state index in [0.29, 0.717) is 5.56 Å². The van der Waals surface area contributed by atoms with Gasteiger partial charge in [-0.15, -0.1) is 0 Å². The van der Waals surface area contributed by atoms with E-state index in [0.717, 1.165) is 46.4 Å². The van der Waals surface area contributed by atoms with Crippen molar-refractivity contribution >= 4 is 16.8 Å². The number of aromatic nitrogens is 3. The molecule has 0 radical (unpaired) electrons. The van der Waals surface area contributed by atoms with E-state index >= 15 is 0 Å². The van der Waals surface area contributed by atoms with Crippen molar-refractivity contribution in [1.82, 2.24) is 20.1 Å². The van der Waals surface area contributed by atoms with Crippen molar-refractivity contribution in [3.05, 3.63) is 83.2 Å². The van der Waals surface area contributed by atoms with Gasteiger partial charge >= 0.3 is 0 Å². The van der Waals surface area contributed by atoms with Crippen LogP contribution in [0.1, 0.15) is 53.5 Å². The van der Waals surface area contributed by atoms with E-state index in [-0.39, 0.29) is 11.9 Å². The van der Waals surface area contributed by atoms with Gasteiger partial charge in [0.15, 0.2) is 0 Å². The van der Waals surface area contributed by atoms with E-state index in [1.807, 2.05) is 48.1 Å². The maximum Gasteiger partial charge on any atom is 0.252 e. The standard InChI is InChI=1S/C26H28N4O/c1-5-23(19-13-11-17(3)12-14-19)29-26(31)21-15-25(22-16-27-30(6-2)18(22)4)28-24-10-8-7-9-20(21)24/h7-16,23H,5-6H2,1-4H3,(H,29,31). The summed E-state index contributed by atoms with van der Waals surface area (Å²) in [7, 11) is 0. The third-order valence-corrected chi connectivity index (χ3v) is 5.83. The van der Waals surface area contributed by atoms with Crippen molar-refractivity contribution < 1.29 is 4.79 Å². The van der Waals surface area contributed by atoms with E-state index in [1.165, 1.54) is 5.56 Å². The van der Waals surface area contributed by atoms with Gasteiger partial charge in [-0.1, -0.05) is 55.0 Å². The second-order valence-corrected chi connectivity index (χ2v) is 7.88. The molecular weight excluding hydrogens is 384 g/mol. The first-order valence-electron chi connectivity index (χ1n) is 10.8. The molecule has 2 aromatic carbocycles. The molecule has 0 aliphatic carbocycles. The molecule has 2 aromatic heterocycles. The fourth-order valence-electron chi connectivity index (χ4n) is 3.97. The number of rotatable bonds is 6. The van der Waals surface area contributed by atoms with Crippen molar-refractivity contribution in [2.24, 2.45) is 0 Å². The zero-order valence-corrected chi connectivity index (χ0v) is 18.5. The zero-order valence-electron chi connectivity index (χ0n) is 18.5. The number of nitrogens with one attached hydrogen (secondary N) is 1. The van der Waals surface area contributed by atoms with Crippen LogP contribution in [0, 0.1) is 13.8 Å². The fraction of sp³-hybridized carbons (Fsp3) is 0.269. The molecule has 0 saturated heterocycles. The van der Waals surface area contributed by atoms with Crippen LogP contribution in [0.15, 0.2) is 60.8 Å². The Bertz CT molecular complexity index is 1220. The molecule has 5 heteroatoms. The van der Waals surface area contributed by atoms with Gasteiger partial charge in [0.25, 0.3) is 5.91 Å². The lowest BCUT2D eigenvalue weighted by atomic mass is 10.0. The van der Waals surface area contributed by atoms with Gasteiger partial charge in [-0.3, -0.25) is 9.48 Å².